The lowest BCUT2D eigenvalue weighted by atomic mass is 10.3. The van der Waals surface area contributed by atoms with E-state index in [-0.39, 0.29) is 0 Å². The van der Waals surface area contributed by atoms with Gasteiger partial charge in [0, 0.05) is 11.2 Å². The fourth-order valence-electron chi connectivity index (χ4n) is 2.21. The summed E-state index contributed by atoms with van der Waals surface area (Å²) in [6.45, 7) is 2.04. The Kier molecular flexibility index (Phi) is 2.05. The predicted octanol–water partition coefficient (Wildman–Crippen LogP) is 3.39. The van der Waals surface area contributed by atoms with Crippen LogP contribution in [0.2, 0.25) is 5.02 Å². The standard InChI is InChI=1S/C14H9ClN4/c1-8-4-5-19-12(6-8)18-13-14(19)17-11-7-9(15)2-3-10(11)16-13/h2-7H,1H3. The number of imidazole rings is 1. The number of fused-ring (bicyclic) bond motifs is 4. The van der Waals surface area contributed by atoms with Crippen molar-refractivity contribution >= 4 is 39.6 Å². The summed E-state index contributed by atoms with van der Waals surface area (Å²) in [5, 5.41) is 0.658. The number of benzene rings is 1. The van der Waals surface area contributed by atoms with Crippen molar-refractivity contribution in [2.75, 3.05) is 0 Å². The largest absolute Gasteiger partial charge is 0.283 e. The molecule has 4 nitrogen and oxygen atoms in total. The second kappa shape index (κ2) is 3.65. The van der Waals surface area contributed by atoms with E-state index in [0.29, 0.717) is 10.7 Å². The summed E-state index contributed by atoms with van der Waals surface area (Å²) in [6, 6.07) is 9.53. The molecule has 4 aromatic rings. The van der Waals surface area contributed by atoms with E-state index in [1.165, 1.54) is 0 Å². The molecule has 1 aromatic carbocycles. The van der Waals surface area contributed by atoms with Crippen LogP contribution in [0, 0.1) is 6.92 Å². The third-order valence-corrected chi connectivity index (χ3v) is 3.36. The molecular weight excluding hydrogens is 260 g/mol. The van der Waals surface area contributed by atoms with E-state index in [0.717, 1.165) is 27.9 Å². The van der Waals surface area contributed by atoms with Crippen LogP contribution in [-0.4, -0.2) is 19.4 Å². The summed E-state index contributed by atoms with van der Waals surface area (Å²) in [5.41, 5.74) is 5.01. The molecule has 19 heavy (non-hydrogen) atoms. The second-order valence-corrected chi connectivity index (χ2v) is 4.98. The molecule has 0 aliphatic rings. The minimum absolute atomic E-state index is 0.653. The lowest BCUT2D eigenvalue weighted by Gasteiger charge is -1.98. The van der Waals surface area contributed by atoms with E-state index in [1.54, 1.807) is 0 Å². The molecule has 4 rings (SSSR count). The maximum absolute atomic E-state index is 5.99. The smallest absolute Gasteiger partial charge is 0.198 e. The van der Waals surface area contributed by atoms with Crippen molar-refractivity contribution in [3.63, 3.8) is 0 Å². The zero-order chi connectivity index (χ0) is 13.0. The first kappa shape index (κ1) is 10.7. The van der Waals surface area contributed by atoms with Crippen LogP contribution in [0.15, 0.2) is 36.5 Å². The van der Waals surface area contributed by atoms with Gasteiger partial charge in [-0.1, -0.05) is 11.6 Å². The lowest BCUT2D eigenvalue weighted by molar-refractivity contribution is 1.18. The molecule has 0 radical (unpaired) electrons. The highest BCUT2D eigenvalue weighted by Crippen LogP contribution is 2.20. The summed E-state index contributed by atoms with van der Waals surface area (Å²) >= 11 is 5.99. The van der Waals surface area contributed by atoms with Crippen molar-refractivity contribution in [1.29, 1.82) is 0 Å². The van der Waals surface area contributed by atoms with Gasteiger partial charge in [-0.2, -0.15) is 0 Å². The van der Waals surface area contributed by atoms with Crippen LogP contribution >= 0.6 is 11.6 Å². The highest BCUT2D eigenvalue weighted by Gasteiger charge is 2.09. The number of halogens is 1. The molecule has 92 valence electrons. The van der Waals surface area contributed by atoms with Crippen molar-refractivity contribution in [1.82, 2.24) is 19.4 Å². The molecule has 0 N–H and O–H groups in total. The Balaban J connectivity index is 2.20. The van der Waals surface area contributed by atoms with Gasteiger partial charge in [0.05, 0.1) is 11.0 Å². The number of pyridine rings is 1. The summed E-state index contributed by atoms with van der Waals surface area (Å²) < 4.78 is 1.94. The lowest BCUT2D eigenvalue weighted by Crippen LogP contribution is -1.89. The molecule has 0 atom stereocenters. The Bertz CT molecular complexity index is 942. The number of hydrogen-bond acceptors (Lipinski definition) is 3. The summed E-state index contributed by atoms with van der Waals surface area (Å²) in [4.78, 5) is 13.6. The van der Waals surface area contributed by atoms with Gasteiger partial charge in [0.2, 0.25) is 0 Å². The van der Waals surface area contributed by atoms with Gasteiger partial charge >= 0.3 is 0 Å². The van der Waals surface area contributed by atoms with Crippen molar-refractivity contribution in [3.8, 4) is 0 Å². The average molecular weight is 269 g/mol. The van der Waals surface area contributed by atoms with Crippen molar-refractivity contribution in [3.05, 3.63) is 47.1 Å². The van der Waals surface area contributed by atoms with Gasteiger partial charge < -0.3 is 0 Å². The zero-order valence-corrected chi connectivity index (χ0v) is 10.9. The first-order valence-corrected chi connectivity index (χ1v) is 6.30. The molecule has 0 aliphatic heterocycles. The van der Waals surface area contributed by atoms with Gasteiger partial charge in [-0.25, -0.2) is 15.0 Å². The molecule has 0 saturated heterocycles. The highest BCUT2D eigenvalue weighted by atomic mass is 35.5. The van der Waals surface area contributed by atoms with Gasteiger partial charge in [0.1, 0.15) is 5.65 Å². The molecule has 0 unspecified atom stereocenters. The minimum atomic E-state index is 0.653. The van der Waals surface area contributed by atoms with Crippen LogP contribution < -0.4 is 0 Å². The quantitative estimate of drug-likeness (QED) is 0.491. The molecule has 0 bridgehead atoms. The van der Waals surface area contributed by atoms with Gasteiger partial charge in [0.25, 0.3) is 0 Å². The maximum atomic E-state index is 5.99. The first-order valence-electron chi connectivity index (χ1n) is 5.92. The van der Waals surface area contributed by atoms with Gasteiger partial charge in [-0.05, 0) is 42.8 Å². The summed E-state index contributed by atoms with van der Waals surface area (Å²) in [6.07, 6.45) is 1.96. The van der Waals surface area contributed by atoms with E-state index < -0.39 is 0 Å². The van der Waals surface area contributed by atoms with Crippen LogP contribution in [0.1, 0.15) is 5.56 Å². The third-order valence-electron chi connectivity index (χ3n) is 3.13. The fourth-order valence-corrected chi connectivity index (χ4v) is 2.38. The Hall–Kier alpha value is -2.20. The van der Waals surface area contributed by atoms with E-state index in [4.69, 9.17) is 11.6 Å². The van der Waals surface area contributed by atoms with Crippen molar-refractivity contribution in [2.45, 2.75) is 6.92 Å². The van der Waals surface area contributed by atoms with E-state index in [1.807, 2.05) is 47.9 Å². The topological polar surface area (TPSA) is 43.1 Å². The van der Waals surface area contributed by atoms with Crippen LogP contribution in [-0.2, 0) is 0 Å². The van der Waals surface area contributed by atoms with Gasteiger partial charge in [0.15, 0.2) is 11.3 Å². The summed E-state index contributed by atoms with van der Waals surface area (Å²) in [5.74, 6) is 0. The number of nitrogens with zero attached hydrogens (tertiary/aromatic N) is 4. The summed E-state index contributed by atoms with van der Waals surface area (Å²) in [7, 11) is 0. The number of aromatic nitrogens is 4. The number of hydrogen-bond donors (Lipinski definition) is 0. The molecule has 5 heteroatoms. The average Bonchev–Trinajstić information content (AvgIpc) is 2.72. The molecule has 0 fully saturated rings. The maximum Gasteiger partial charge on any atom is 0.198 e. The van der Waals surface area contributed by atoms with Crippen LogP contribution in [0.3, 0.4) is 0 Å². The molecule has 0 amide bonds. The number of rotatable bonds is 0. The minimum Gasteiger partial charge on any atom is -0.283 e. The van der Waals surface area contributed by atoms with E-state index in [9.17, 15) is 0 Å². The van der Waals surface area contributed by atoms with E-state index >= 15 is 0 Å². The Morgan fingerprint density at radius 1 is 1.00 bits per heavy atom. The van der Waals surface area contributed by atoms with Gasteiger partial charge in [-0.3, -0.25) is 4.40 Å². The van der Waals surface area contributed by atoms with Crippen LogP contribution in [0.25, 0.3) is 28.0 Å². The monoisotopic (exact) mass is 268 g/mol. The normalized spacial score (nSPS) is 11.7. The molecule has 3 heterocycles. The Morgan fingerprint density at radius 2 is 1.89 bits per heavy atom. The predicted molar refractivity (Wildman–Crippen MR) is 75.5 cm³/mol. The third kappa shape index (κ3) is 1.57. The van der Waals surface area contributed by atoms with Crippen molar-refractivity contribution < 1.29 is 0 Å². The van der Waals surface area contributed by atoms with Crippen LogP contribution in [0.4, 0.5) is 0 Å². The zero-order valence-electron chi connectivity index (χ0n) is 10.1. The molecule has 0 saturated carbocycles. The van der Waals surface area contributed by atoms with Crippen molar-refractivity contribution in [2.24, 2.45) is 0 Å². The van der Waals surface area contributed by atoms with E-state index in [2.05, 4.69) is 15.0 Å². The van der Waals surface area contributed by atoms with Gasteiger partial charge in [-0.15, -0.1) is 0 Å². The second-order valence-electron chi connectivity index (χ2n) is 4.55. The first-order chi connectivity index (χ1) is 9.20. The Morgan fingerprint density at radius 3 is 2.79 bits per heavy atom. The molecule has 3 aromatic heterocycles. The number of aryl methyl sites for hydroxylation is 1. The Labute approximate surface area is 113 Å². The molecular formula is C14H9ClN4. The van der Waals surface area contributed by atoms with Crippen LogP contribution in [0.5, 0.6) is 0 Å². The molecule has 0 aliphatic carbocycles. The highest BCUT2D eigenvalue weighted by molar-refractivity contribution is 6.31. The molecule has 0 spiro atoms. The SMILES string of the molecule is Cc1ccn2c(c1)nc1nc3ccc(Cl)cc3nc12. The fraction of sp³-hybridized carbons (Fsp3) is 0.0714.